The van der Waals surface area contributed by atoms with Crippen LogP contribution in [0.3, 0.4) is 0 Å². The van der Waals surface area contributed by atoms with Crippen LogP contribution in [0.2, 0.25) is 0 Å². The lowest BCUT2D eigenvalue weighted by Crippen LogP contribution is -2.45. The molecule has 2 aliphatic heterocycles. The van der Waals surface area contributed by atoms with Crippen LogP contribution in [-0.4, -0.2) is 54.0 Å². The third kappa shape index (κ3) is 1.35. The van der Waals surface area contributed by atoms with E-state index >= 15 is 0 Å². The summed E-state index contributed by atoms with van der Waals surface area (Å²) in [5.74, 6) is 1.17. The first-order valence-corrected chi connectivity index (χ1v) is 5.23. The minimum Gasteiger partial charge on any atom is -0.358 e. The number of amidine groups is 1. The molecule has 0 spiro atoms. The molecule has 0 bridgehead atoms. The molecule has 0 aliphatic carbocycles. The first-order valence-electron chi connectivity index (χ1n) is 5.23. The van der Waals surface area contributed by atoms with Crippen LogP contribution in [0.25, 0.3) is 0 Å². The smallest absolute Gasteiger partial charge is 0.152 e. The molecule has 0 atom stereocenters. The normalized spacial score (nSPS) is 20.9. The standard InChI is InChI=1S/C10H18N4/c1-4-13-6-9-10(11-7-12(9)3)14(5-2)8-13/h6H,4-5,7-8H2,1-3H3. The number of rotatable bonds is 2. The molecule has 0 aromatic rings. The molecule has 0 amide bonds. The van der Waals surface area contributed by atoms with Gasteiger partial charge in [0.1, 0.15) is 6.67 Å². The Kier molecular flexibility index (Phi) is 2.35. The molecule has 4 heteroatoms. The highest BCUT2D eigenvalue weighted by Gasteiger charge is 2.28. The van der Waals surface area contributed by atoms with Crippen molar-refractivity contribution in [3.63, 3.8) is 0 Å². The van der Waals surface area contributed by atoms with Crippen LogP contribution in [-0.2, 0) is 0 Å². The molecule has 2 heterocycles. The highest BCUT2D eigenvalue weighted by molar-refractivity contribution is 5.99. The third-order valence-electron chi connectivity index (χ3n) is 2.82. The van der Waals surface area contributed by atoms with Crippen molar-refractivity contribution in [3.8, 4) is 0 Å². The molecule has 2 aliphatic rings. The van der Waals surface area contributed by atoms with Gasteiger partial charge in [0.25, 0.3) is 0 Å². The summed E-state index contributed by atoms with van der Waals surface area (Å²) in [5.41, 5.74) is 1.26. The van der Waals surface area contributed by atoms with Crippen molar-refractivity contribution < 1.29 is 0 Å². The highest BCUT2D eigenvalue weighted by atomic mass is 15.4. The molecule has 0 aromatic carbocycles. The Morgan fingerprint density at radius 1 is 1.36 bits per heavy atom. The van der Waals surface area contributed by atoms with Crippen LogP contribution < -0.4 is 0 Å². The van der Waals surface area contributed by atoms with Gasteiger partial charge >= 0.3 is 0 Å². The van der Waals surface area contributed by atoms with Crippen LogP contribution >= 0.6 is 0 Å². The zero-order valence-corrected chi connectivity index (χ0v) is 9.19. The number of hydrogen-bond acceptors (Lipinski definition) is 4. The second-order valence-electron chi connectivity index (χ2n) is 3.74. The predicted octanol–water partition coefficient (Wildman–Crippen LogP) is 0.744. The van der Waals surface area contributed by atoms with Crippen molar-refractivity contribution in [2.24, 2.45) is 4.99 Å². The van der Waals surface area contributed by atoms with E-state index in [-0.39, 0.29) is 0 Å². The molecule has 0 unspecified atom stereocenters. The van der Waals surface area contributed by atoms with Crippen LogP contribution in [0.1, 0.15) is 13.8 Å². The van der Waals surface area contributed by atoms with Gasteiger partial charge in [-0.15, -0.1) is 0 Å². The highest BCUT2D eigenvalue weighted by Crippen LogP contribution is 2.20. The van der Waals surface area contributed by atoms with E-state index in [2.05, 4.69) is 46.8 Å². The van der Waals surface area contributed by atoms with Crippen molar-refractivity contribution in [1.82, 2.24) is 14.7 Å². The van der Waals surface area contributed by atoms with E-state index < -0.39 is 0 Å². The van der Waals surface area contributed by atoms with Crippen LogP contribution in [0.5, 0.6) is 0 Å². The number of nitrogens with zero attached hydrogens (tertiary/aromatic N) is 4. The molecule has 4 nitrogen and oxygen atoms in total. The number of hydrogen-bond donors (Lipinski definition) is 0. The first kappa shape index (κ1) is 9.37. The molecule has 0 fully saturated rings. The predicted molar refractivity (Wildman–Crippen MR) is 57.8 cm³/mol. The zero-order valence-electron chi connectivity index (χ0n) is 9.19. The molecular weight excluding hydrogens is 176 g/mol. The van der Waals surface area contributed by atoms with E-state index in [1.807, 2.05) is 0 Å². The van der Waals surface area contributed by atoms with Crippen molar-refractivity contribution in [3.05, 3.63) is 11.9 Å². The maximum Gasteiger partial charge on any atom is 0.152 e. The molecule has 0 saturated heterocycles. The number of likely N-dealkylation sites (N-methyl/N-ethyl adjacent to an activating group) is 2. The maximum absolute atomic E-state index is 4.53. The topological polar surface area (TPSA) is 22.1 Å². The van der Waals surface area contributed by atoms with Gasteiger partial charge in [-0.1, -0.05) is 0 Å². The average Bonchev–Trinajstić information content (AvgIpc) is 2.59. The fraction of sp³-hybridized carbons (Fsp3) is 0.700. The van der Waals surface area contributed by atoms with E-state index in [4.69, 9.17) is 0 Å². The Labute approximate surface area is 85.5 Å². The Morgan fingerprint density at radius 3 is 2.79 bits per heavy atom. The van der Waals surface area contributed by atoms with Gasteiger partial charge < -0.3 is 14.7 Å². The van der Waals surface area contributed by atoms with Crippen molar-refractivity contribution in [1.29, 1.82) is 0 Å². The Balaban J connectivity index is 2.27. The lowest BCUT2D eigenvalue weighted by molar-refractivity contribution is 0.244. The summed E-state index contributed by atoms with van der Waals surface area (Å²) in [6, 6.07) is 0. The Hall–Kier alpha value is -1.19. The minimum atomic E-state index is 0.801. The third-order valence-corrected chi connectivity index (χ3v) is 2.82. The Bertz CT molecular complexity index is 282. The van der Waals surface area contributed by atoms with E-state index in [1.165, 1.54) is 11.5 Å². The fourth-order valence-corrected chi connectivity index (χ4v) is 1.86. The summed E-state index contributed by atoms with van der Waals surface area (Å²) < 4.78 is 0. The van der Waals surface area contributed by atoms with Crippen molar-refractivity contribution in [2.45, 2.75) is 13.8 Å². The van der Waals surface area contributed by atoms with E-state index in [9.17, 15) is 0 Å². The lowest BCUT2D eigenvalue weighted by Gasteiger charge is -2.35. The van der Waals surface area contributed by atoms with Crippen LogP contribution in [0.4, 0.5) is 0 Å². The van der Waals surface area contributed by atoms with Gasteiger partial charge in [0.2, 0.25) is 0 Å². The second-order valence-corrected chi connectivity index (χ2v) is 3.74. The molecule has 2 rings (SSSR count). The van der Waals surface area contributed by atoms with Crippen LogP contribution in [0.15, 0.2) is 16.9 Å². The first-order chi connectivity index (χ1) is 6.76. The van der Waals surface area contributed by atoms with Gasteiger partial charge in [-0.3, -0.25) is 0 Å². The van der Waals surface area contributed by atoms with Gasteiger partial charge in [0.05, 0.1) is 12.4 Å². The largest absolute Gasteiger partial charge is 0.358 e. The van der Waals surface area contributed by atoms with Gasteiger partial charge in [0.15, 0.2) is 5.84 Å². The van der Waals surface area contributed by atoms with E-state index in [0.717, 1.165) is 26.4 Å². The molecule has 14 heavy (non-hydrogen) atoms. The van der Waals surface area contributed by atoms with Crippen LogP contribution in [0, 0.1) is 0 Å². The second kappa shape index (κ2) is 3.52. The number of fused-ring (bicyclic) bond motifs is 1. The van der Waals surface area contributed by atoms with E-state index in [0.29, 0.717) is 0 Å². The van der Waals surface area contributed by atoms with Gasteiger partial charge in [-0.2, -0.15) is 0 Å². The monoisotopic (exact) mass is 194 g/mol. The summed E-state index contributed by atoms with van der Waals surface area (Å²) in [7, 11) is 2.09. The van der Waals surface area contributed by atoms with Crippen molar-refractivity contribution >= 4 is 5.84 Å². The zero-order chi connectivity index (χ0) is 10.1. The molecular formula is C10H18N4. The molecule has 78 valence electrons. The Morgan fingerprint density at radius 2 is 2.14 bits per heavy atom. The minimum absolute atomic E-state index is 0.801. The maximum atomic E-state index is 4.53. The summed E-state index contributed by atoms with van der Waals surface area (Å²) in [4.78, 5) is 11.4. The van der Waals surface area contributed by atoms with Crippen molar-refractivity contribution in [2.75, 3.05) is 33.5 Å². The SMILES string of the molecule is CCN1C=C2C(=NCN2C)N(CC)C1. The summed E-state index contributed by atoms with van der Waals surface area (Å²) >= 11 is 0. The average molecular weight is 194 g/mol. The molecule has 0 aromatic heterocycles. The summed E-state index contributed by atoms with van der Waals surface area (Å²) in [6.45, 7) is 8.22. The van der Waals surface area contributed by atoms with E-state index in [1.54, 1.807) is 0 Å². The van der Waals surface area contributed by atoms with Gasteiger partial charge in [0, 0.05) is 26.3 Å². The van der Waals surface area contributed by atoms with Gasteiger partial charge in [-0.05, 0) is 13.8 Å². The lowest BCUT2D eigenvalue weighted by atomic mass is 10.3. The molecule has 0 radical (unpaired) electrons. The molecule has 0 N–H and O–H groups in total. The quantitative estimate of drug-likeness (QED) is 0.647. The fourth-order valence-electron chi connectivity index (χ4n) is 1.86. The molecule has 0 saturated carbocycles. The summed E-state index contributed by atoms with van der Waals surface area (Å²) in [6.07, 6.45) is 2.22. The number of aliphatic imine (C=N–C) groups is 1. The van der Waals surface area contributed by atoms with Gasteiger partial charge in [-0.25, -0.2) is 4.99 Å². The summed E-state index contributed by atoms with van der Waals surface area (Å²) in [5, 5.41) is 0.